The number of nitrogens with zero attached hydrogens (tertiary/aromatic N) is 1. The van der Waals surface area contributed by atoms with Crippen LogP contribution in [0.3, 0.4) is 0 Å². The molecule has 0 atom stereocenters. The first-order valence-electron chi connectivity index (χ1n) is 7.89. The van der Waals surface area contributed by atoms with Gasteiger partial charge in [-0.15, -0.1) is 0 Å². The number of imidazole rings is 1. The van der Waals surface area contributed by atoms with E-state index in [1.54, 1.807) is 24.3 Å². The second kappa shape index (κ2) is 6.15. The Labute approximate surface area is 148 Å². The Kier molecular flexibility index (Phi) is 3.82. The minimum absolute atomic E-state index is 0.119. The van der Waals surface area contributed by atoms with Gasteiger partial charge in [0.05, 0.1) is 16.4 Å². The number of aromatic amines is 1. The number of aromatic hydroxyl groups is 1. The molecule has 124 valence electrons. The second-order valence-corrected chi connectivity index (χ2v) is 6.28. The summed E-state index contributed by atoms with van der Waals surface area (Å²) in [6, 6.07) is 21.1. The van der Waals surface area contributed by atoms with Crippen LogP contribution in [0, 0.1) is 0 Å². The third kappa shape index (κ3) is 2.81. The van der Waals surface area contributed by atoms with E-state index < -0.39 is 5.69 Å². The topological polar surface area (TPSA) is 58.0 Å². The summed E-state index contributed by atoms with van der Waals surface area (Å²) >= 11 is 6.15. The molecule has 4 nitrogen and oxygen atoms in total. The van der Waals surface area contributed by atoms with Crippen LogP contribution in [0.2, 0.25) is 5.02 Å². The molecule has 0 aliphatic rings. The van der Waals surface area contributed by atoms with E-state index in [2.05, 4.69) is 11.1 Å². The molecular weight excluding hydrogens is 336 g/mol. The highest BCUT2D eigenvalue weighted by atomic mass is 35.5. The Bertz CT molecular complexity index is 1130. The van der Waals surface area contributed by atoms with Gasteiger partial charge in [0, 0.05) is 6.42 Å². The molecule has 0 bridgehead atoms. The SMILES string of the molecule is O=c1[nH]c(Cc2ccc3ccccc3c2)c(O)n1-c1ccccc1Cl. The van der Waals surface area contributed by atoms with E-state index >= 15 is 0 Å². The number of benzene rings is 3. The number of halogens is 1. The van der Waals surface area contributed by atoms with Crippen LogP contribution in [0.25, 0.3) is 16.5 Å². The van der Waals surface area contributed by atoms with Gasteiger partial charge in [-0.1, -0.05) is 66.2 Å². The zero-order valence-corrected chi connectivity index (χ0v) is 14.0. The van der Waals surface area contributed by atoms with Gasteiger partial charge in [-0.05, 0) is 28.5 Å². The van der Waals surface area contributed by atoms with Crippen molar-refractivity contribution in [3.05, 3.63) is 93.5 Å². The number of rotatable bonds is 3. The average molecular weight is 351 g/mol. The van der Waals surface area contributed by atoms with Gasteiger partial charge in [0.1, 0.15) is 0 Å². The van der Waals surface area contributed by atoms with Crippen LogP contribution in [0.15, 0.2) is 71.5 Å². The highest BCUT2D eigenvalue weighted by Gasteiger charge is 2.16. The summed E-state index contributed by atoms with van der Waals surface area (Å²) in [5, 5.41) is 13.2. The van der Waals surface area contributed by atoms with Gasteiger partial charge in [0.25, 0.3) is 0 Å². The quantitative estimate of drug-likeness (QED) is 0.579. The molecule has 0 amide bonds. The smallest absolute Gasteiger partial charge is 0.333 e. The minimum Gasteiger partial charge on any atom is -0.493 e. The lowest BCUT2D eigenvalue weighted by molar-refractivity contribution is 0.435. The molecule has 3 aromatic carbocycles. The minimum atomic E-state index is -0.415. The molecule has 0 fully saturated rings. The zero-order chi connectivity index (χ0) is 17.4. The summed E-state index contributed by atoms with van der Waals surface area (Å²) in [5.41, 5.74) is 1.50. The summed E-state index contributed by atoms with van der Waals surface area (Å²) in [7, 11) is 0. The van der Waals surface area contributed by atoms with Gasteiger partial charge in [-0.3, -0.25) is 0 Å². The number of H-pyrrole nitrogens is 1. The van der Waals surface area contributed by atoms with E-state index in [0.717, 1.165) is 16.3 Å². The molecule has 2 N–H and O–H groups in total. The zero-order valence-electron chi connectivity index (χ0n) is 13.2. The Balaban J connectivity index is 1.75. The van der Waals surface area contributed by atoms with Crippen LogP contribution in [0.1, 0.15) is 11.3 Å². The molecular formula is C20H15ClN2O2. The number of para-hydroxylation sites is 1. The summed E-state index contributed by atoms with van der Waals surface area (Å²) < 4.78 is 1.19. The third-order valence-corrected chi connectivity index (χ3v) is 4.55. The van der Waals surface area contributed by atoms with E-state index in [1.165, 1.54) is 4.57 Å². The van der Waals surface area contributed by atoms with E-state index in [9.17, 15) is 9.90 Å². The number of hydrogen-bond acceptors (Lipinski definition) is 2. The highest BCUT2D eigenvalue weighted by Crippen LogP contribution is 2.26. The van der Waals surface area contributed by atoms with E-state index in [1.807, 2.05) is 36.4 Å². The van der Waals surface area contributed by atoms with Crippen molar-refractivity contribution in [3.8, 4) is 11.6 Å². The molecule has 0 radical (unpaired) electrons. The molecule has 5 heteroatoms. The maximum Gasteiger partial charge on any atom is 0.333 e. The predicted octanol–water partition coefficient (Wildman–Crippen LogP) is 4.27. The van der Waals surface area contributed by atoms with Gasteiger partial charge in [0.2, 0.25) is 5.88 Å². The van der Waals surface area contributed by atoms with Crippen LogP contribution in [0.5, 0.6) is 5.88 Å². The lowest BCUT2D eigenvalue weighted by Gasteiger charge is -2.06. The first kappa shape index (κ1) is 15.5. The number of hydrogen-bond donors (Lipinski definition) is 2. The Hall–Kier alpha value is -2.98. The molecule has 1 heterocycles. The Morgan fingerprint density at radius 3 is 2.48 bits per heavy atom. The van der Waals surface area contributed by atoms with Crippen molar-refractivity contribution < 1.29 is 5.11 Å². The fourth-order valence-corrected chi connectivity index (χ4v) is 3.22. The van der Waals surface area contributed by atoms with Crippen molar-refractivity contribution in [2.45, 2.75) is 6.42 Å². The van der Waals surface area contributed by atoms with Gasteiger partial charge in [0.15, 0.2) is 0 Å². The molecule has 0 spiro atoms. The van der Waals surface area contributed by atoms with Crippen molar-refractivity contribution in [1.82, 2.24) is 9.55 Å². The van der Waals surface area contributed by atoms with Crippen molar-refractivity contribution in [1.29, 1.82) is 0 Å². The van der Waals surface area contributed by atoms with Crippen molar-refractivity contribution >= 4 is 22.4 Å². The van der Waals surface area contributed by atoms with Crippen molar-refractivity contribution in [2.75, 3.05) is 0 Å². The highest BCUT2D eigenvalue weighted by molar-refractivity contribution is 6.32. The number of aromatic nitrogens is 2. The maximum absolute atomic E-state index is 12.3. The molecule has 4 rings (SSSR count). The van der Waals surface area contributed by atoms with Crippen LogP contribution < -0.4 is 5.69 Å². The first-order valence-corrected chi connectivity index (χ1v) is 8.27. The predicted molar refractivity (Wildman–Crippen MR) is 99.8 cm³/mol. The normalized spacial score (nSPS) is 11.1. The fourth-order valence-electron chi connectivity index (χ4n) is 3.00. The van der Waals surface area contributed by atoms with Crippen LogP contribution in [-0.4, -0.2) is 14.7 Å². The van der Waals surface area contributed by atoms with E-state index in [-0.39, 0.29) is 5.88 Å². The Morgan fingerprint density at radius 2 is 1.68 bits per heavy atom. The second-order valence-electron chi connectivity index (χ2n) is 5.88. The lowest BCUT2D eigenvalue weighted by atomic mass is 10.0. The van der Waals surface area contributed by atoms with Gasteiger partial charge in [-0.25, -0.2) is 9.36 Å². The standard InChI is InChI=1S/C20H15ClN2O2/c21-16-7-3-4-8-18(16)23-19(24)17(22-20(23)25)12-13-9-10-14-5-1-2-6-15(14)11-13/h1-11,24H,12H2,(H,22,25). The van der Waals surface area contributed by atoms with Crippen molar-refractivity contribution in [3.63, 3.8) is 0 Å². The van der Waals surface area contributed by atoms with Crippen LogP contribution in [0.4, 0.5) is 0 Å². The maximum atomic E-state index is 12.3. The van der Waals surface area contributed by atoms with Gasteiger partial charge in [-0.2, -0.15) is 0 Å². The fraction of sp³-hybridized carbons (Fsp3) is 0.0500. The number of nitrogens with one attached hydrogen (secondary N) is 1. The summed E-state index contributed by atoms with van der Waals surface area (Å²) in [4.78, 5) is 15.0. The Morgan fingerprint density at radius 1 is 0.960 bits per heavy atom. The average Bonchev–Trinajstić information content (AvgIpc) is 2.89. The van der Waals surface area contributed by atoms with Gasteiger partial charge >= 0.3 is 5.69 Å². The van der Waals surface area contributed by atoms with Gasteiger partial charge < -0.3 is 10.1 Å². The largest absolute Gasteiger partial charge is 0.493 e. The van der Waals surface area contributed by atoms with E-state index in [0.29, 0.717) is 22.8 Å². The summed E-state index contributed by atoms with van der Waals surface area (Å²) in [5.74, 6) is -0.119. The molecule has 1 aromatic heterocycles. The van der Waals surface area contributed by atoms with Crippen LogP contribution >= 0.6 is 11.6 Å². The molecule has 0 saturated carbocycles. The first-order chi connectivity index (χ1) is 12.1. The monoisotopic (exact) mass is 350 g/mol. The molecule has 4 aromatic rings. The number of fused-ring (bicyclic) bond motifs is 1. The molecule has 0 aliphatic heterocycles. The summed E-state index contributed by atoms with van der Waals surface area (Å²) in [6.45, 7) is 0. The van der Waals surface area contributed by atoms with Crippen molar-refractivity contribution in [2.24, 2.45) is 0 Å². The summed E-state index contributed by atoms with van der Waals surface area (Å²) in [6.07, 6.45) is 0.420. The molecule has 0 aliphatic carbocycles. The third-order valence-electron chi connectivity index (χ3n) is 4.23. The lowest BCUT2D eigenvalue weighted by Crippen LogP contribution is -2.14. The molecule has 0 unspecified atom stereocenters. The molecule has 25 heavy (non-hydrogen) atoms. The van der Waals surface area contributed by atoms with Crippen LogP contribution in [-0.2, 0) is 6.42 Å². The molecule has 0 saturated heterocycles. The van der Waals surface area contributed by atoms with E-state index in [4.69, 9.17) is 11.6 Å².